The lowest BCUT2D eigenvalue weighted by molar-refractivity contribution is -0.140. The van der Waals surface area contributed by atoms with E-state index in [1.165, 1.54) is 7.11 Å². The Kier molecular flexibility index (Phi) is 7.02. The Morgan fingerprint density at radius 3 is 2.26 bits per heavy atom. The van der Waals surface area contributed by atoms with Gasteiger partial charge in [-0.05, 0) is 39.0 Å². The average Bonchev–Trinajstić information content (AvgIpc) is 2.83. The summed E-state index contributed by atoms with van der Waals surface area (Å²) >= 11 is 0. The van der Waals surface area contributed by atoms with E-state index in [2.05, 4.69) is 5.32 Å². The zero-order chi connectivity index (χ0) is 25.1. The lowest BCUT2D eigenvalue weighted by atomic mass is 9.79. The second-order valence-electron chi connectivity index (χ2n) is 8.14. The van der Waals surface area contributed by atoms with Gasteiger partial charge in [-0.25, -0.2) is 9.59 Å². The molecule has 1 aliphatic heterocycles. The Morgan fingerprint density at radius 2 is 1.57 bits per heavy atom. The quantitative estimate of drug-likeness (QED) is 0.310. The van der Waals surface area contributed by atoms with Crippen LogP contribution in [0.1, 0.15) is 32.3 Å². The van der Waals surface area contributed by atoms with E-state index in [0.29, 0.717) is 38.9 Å². The maximum Gasteiger partial charge on any atom is 0.336 e. The van der Waals surface area contributed by atoms with Crippen LogP contribution in [0.5, 0.6) is 0 Å². The van der Waals surface area contributed by atoms with Crippen LogP contribution in [0.25, 0.3) is 21.9 Å². The third kappa shape index (κ3) is 4.44. The molecule has 0 spiro atoms. The van der Waals surface area contributed by atoms with Gasteiger partial charge in [0.05, 0.1) is 41.1 Å². The lowest BCUT2D eigenvalue weighted by Crippen LogP contribution is -2.33. The molecule has 0 fully saturated rings. The number of carbonyl (C=O) groups is 2. The molecule has 0 bridgehead atoms. The second-order valence-corrected chi connectivity index (χ2v) is 8.14. The predicted molar refractivity (Wildman–Crippen MR) is 131 cm³/mol. The number of allylic oxidation sites excluding steroid dienone is 2. The topological polar surface area (TPSA) is 104 Å². The van der Waals surface area contributed by atoms with Gasteiger partial charge in [0.25, 0.3) is 0 Å². The molecule has 0 radical (unpaired) electrons. The minimum atomic E-state index is -0.877. The van der Waals surface area contributed by atoms with Crippen molar-refractivity contribution in [1.29, 1.82) is 0 Å². The third-order valence-corrected chi connectivity index (χ3v) is 5.94. The van der Waals surface area contributed by atoms with Crippen LogP contribution in [0.15, 0.2) is 74.2 Å². The van der Waals surface area contributed by atoms with Crippen LogP contribution in [0.2, 0.25) is 0 Å². The van der Waals surface area contributed by atoms with Crippen molar-refractivity contribution in [3.05, 3.63) is 80.8 Å². The lowest BCUT2D eigenvalue weighted by Gasteiger charge is -2.30. The van der Waals surface area contributed by atoms with Crippen molar-refractivity contribution in [2.24, 2.45) is 0 Å². The standard InChI is InChI=1S/C27H27NO7/c1-5-33-26(30)21-15(2)28-16(3)22(27(31)34-14-13-32-4)23(21)18-10-8-11-19-24(29)17-9-6-7-12-20(17)35-25(18)19/h6-12,23,28H,5,13-14H2,1-4H3. The number of dihydropyridines is 1. The molecule has 35 heavy (non-hydrogen) atoms. The smallest absolute Gasteiger partial charge is 0.336 e. The van der Waals surface area contributed by atoms with Crippen molar-refractivity contribution in [2.45, 2.75) is 26.7 Å². The van der Waals surface area contributed by atoms with Crippen LogP contribution in [0, 0.1) is 0 Å². The molecule has 1 atom stereocenters. The molecule has 0 aliphatic carbocycles. The first-order valence-electron chi connectivity index (χ1n) is 11.3. The van der Waals surface area contributed by atoms with Crippen LogP contribution in [0.3, 0.4) is 0 Å². The van der Waals surface area contributed by atoms with Gasteiger partial charge in [0, 0.05) is 24.1 Å². The number of benzene rings is 2. The van der Waals surface area contributed by atoms with Crippen LogP contribution in [-0.4, -0.2) is 38.9 Å². The molecular weight excluding hydrogens is 450 g/mol. The normalized spacial score (nSPS) is 15.9. The number of hydrogen-bond donors (Lipinski definition) is 1. The maximum atomic E-state index is 13.3. The maximum absolute atomic E-state index is 13.3. The van der Waals surface area contributed by atoms with Crippen LogP contribution in [0.4, 0.5) is 0 Å². The fourth-order valence-corrected chi connectivity index (χ4v) is 4.42. The monoisotopic (exact) mass is 477 g/mol. The molecule has 182 valence electrons. The van der Waals surface area contributed by atoms with E-state index in [4.69, 9.17) is 18.6 Å². The fraction of sp³-hybridized carbons (Fsp3) is 0.296. The highest BCUT2D eigenvalue weighted by Crippen LogP contribution is 2.42. The molecule has 1 aromatic heterocycles. The average molecular weight is 478 g/mol. The van der Waals surface area contributed by atoms with E-state index >= 15 is 0 Å². The van der Waals surface area contributed by atoms with E-state index in [0.717, 1.165) is 0 Å². The highest BCUT2D eigenvalue weighted by molar-refractivity contribution is 6.02. The zero-order valence-corrected chi connectivity index (χ0v) is 20.1. The van der Waals surface area contributed by atoms with Crippen molar-refractivity contribution in [1.82, 2.24) is 5.32 Å². The highest BCUT2D eigenvalue weighted by Gasteiger charge is 2.39. The molecule has 0 saturated carbocycles. The first kappa shape index (κ1) is 24.2. The van der Waals surface area contributed by atoms with E-state index < -0.39 is 17.9 Å². The van der Waals surface area contributed by atoms with Gasteiger partial charge in [-0.15, -0.1) is 0 Å². The van der Waals surface area contributed by atoms with Crippen molar-refractivity contribution in [2.75, 3.05) is 26.9 Å². The number of fused-ring (bicyclic) bond motifs is 2. The molecular formula is C27H27NO7. The van der Waals surface area contributed by atoms with Gasteiger partial charge in [-0.2, -0.15) is 0 Å². The number of carbonyl (C=O) groups excluding carboxylic acids is 2. The van der Waals surface area contributed by atoms with Gasteiger partial charge < -0.3 is 23.9 Å². The molecule has 8 heteroatoms. The van der Waals surface area contributed by atoms with Gasteiger partial charge in [-0.3, -0.25) is 4.79 Å². The van der Waals surface area contributed by atoms with Crippen molar-refractivity contribution in [3.8, 4) is 0 Å². The molecule has 1 aliphatic rings. The van der Waals surface area contributed by atoms with Crippen molar-refractivity contribution < 1.29 is 28.2 Å². The number of hydrogen-bond acceptors (Lipinski definition) is 8. The molecule has 1 unspecified atom stereocenters. The zero-order valence-electron chi connectivity index (χ0n) is 20.1. The van der Waals surface area contributed by atoms with Gasteiger partial charge >= 0.3 is 11.9 Å². The number of ether oxygens (including phenoxy) is 3. The molecule has 0 amide bonds. The van der Waals surface area contributed by atoms with Gasteiger partial charge in [-0.1, -0.05) is 24.3 Å². The molecule has 2 heterocycles. The van der Waals surface area contributed by atoms with Crippen molar-refractivity contribution in [3.63, 3.8) is 0 Å². The molecule has 8 nitrogen and oxygen atoms in total. The van der Waals surface area contributed by atoms with E-state index in [1.54, 1.807) is 63.2 Å². The van der Waals surface area contributed by atoms with E-state index in [-0.39, 0.29) is 36.4 Å². The summed E-state index contributed by atoms with van der Waals surface area (Å²) in [5.74, 6) is -2.05. The number of rotatable bonds is 7. The highest BCUT2D eigenvalue weighted by atomic mass is 16.6. The Morgan fingerprint density at radius 1 is 0.914 bits per heavy atom. The van der Waals surface area contributed by atoms with Gasteiger partial charge in [0.15, 0.2) is 0 Å². The first-order valence-corrected chi connectivity index (χ1v) is 11.3. The molecule has 4 rings (SSSR count). The Hall–Kier alpha value is -3.91. The number of esters is 2. The van der Waals surface area contributed by atoms with Crippen LogP contribution in [-0.2, 0) is 23.8 Å². The first-order chi connectivity index (χ1) is 16.9. The summed E-state index contributed by atoms with van der Waals surface area (Å²) < 4.78 is 22.0. The number of para-hydroxylation sites is 2. The van der Waals surface area contributed by atoms with E-state index in [1.807, 2.05) is 0 Å². The summed E-state index contributed by atoms with van der Waals surface area (Å²) in [5, 5.41) is 3.91. The summed E-state index contributed by atoms with van der Waals surface area (Å²) in [6.45, 7) is 5.63. The van der Waals surface area contributed by atoms with Crippen molar-refractivity contribution >= 4 is 33.9 Å². The summed E-state index contributed by atoms with van der Waals surface area (Å²) in [5.41, 5.74) is 2.57. The predicted octanol–water partition coefficient (Wildman–Crippen LogP) is 3.93. The number of nitrogens with one attached hydrogen (secondary N) is 1. The number of methoxy groups -OCH3 is 1. The van der Waals surface area contributed by atoms with Gasteiger partial charge in [0.2, 0.25) is 5.43 Å². The minimum absolute atomic E-state index is 0.0472. The SMILES string of the molecule is CCOC(=O)C1=C(C)NC(C)=C(C(=O)OCCOC)C1c1cccc2c(=O)c3ccccc3oc12. The van der Waals surface area contributed by atoms with Crippen LogP contribution < -0.4 is 10.7 Å². The Bertz CT molecular complexity index is 1430. The van der Waals surface area contributed by atoms with Gasteiger partial charge in [0.1, 0.15) is 17.8 Å². The molecule has 0 saturated heterocycles. The Balaban J connectivity index is 1.99. The van der Waals surface area contributed by atoms with E-state index in [9.17, 15) is 14.4 Å². The molecule has 3 aromatic rings. The Labute approximate surface area is 202 Å². The summed E-state index contributed by atoms with van der Waals surface area (Å²) in [4.78, 5) is 39.7. The largest absolute Gasteiger partial charge is 0.463 e. The third-order valence-electron chi connectivity index (χ3n) is 5.94. The minimum Gasteiger partial charge on any atom is -0.463 e. The summed E-state index contributed by atoms with van der Waals surface area (Å²) in [7, 11) is 1.51. The second kappa shape index (κ2) is 10.1. The van der Waals surface area contributed by atoms with Crippen LogP contribution >= 0.6 is 0 Å². The molecule has 2 aromatic carbocycles. The fourth-order valence-electron chi connectivity index (χ4n) is 4.42. The summed E-state index contributed by atoms with van der Waals surface area (Å²) in [6, 6.07) is 12.1. The summed E-state index contributed by atoms with van der Waals surface area (Å²) in [6.07, 6.45) is 0. The molecule has 1 N–H and O–H groups in total.